The summed E-state index contributed by atoms with van der Waals surface area (Å²) < 4.78 is 0. The van der Waals surface area contributed by atoms with Crippen molar-refractivity contribution in [2.75, 3.05) is 7.05 Å². The molecule has 18 heavy (non-hydrogen) atoms. The maximum Gasteiger partial charge on any atom is 0.0706 e. The zero-order valence-corrected chi connectivity index (χ0v) is 10.8. The summed E-state index contributed by atoms with van der Waals surface area (Å²) in [5.74, 6) is 0. The van der Waals surface area contributed by atoms with Crippen LogP contribution in [0.15, 0.2) is 54.6 Å². The van der Waals surface area contributed by atoms with E-state index >= 15 is 0 Å². The third kappa shape index (κ3) is 2.78. The number of aliphatic hydroxyl groups is 1. The van der Waals surface area contributed by atoms with Gasteiger partial charge in [-0.25, -0.2) is 0 Å². The van der Waals surface area contributed by atoms with Crippen molar-refractivity contribution < 1.29 is 5.11 Å². The first-order valence-electron chi connectivity index (χ1n) is 6.23. The predicted octanol–water partition coefficient (Wildman–Crippen LogP) is 2.99. The predicted molar refractivity (Wildman–Crippen MR) is 75.4 cm³/mol. The fourth-order valence-corrected chi connectivity index (χ4v) is 2.20. The highest BCUT2D eigenvalue weighted by Gasteiger charge is 2.14. The Bertz CT molecular complexity index is 476. The van der Waals surface area contributed by atoms with Crippen LogP contribution >= 0.6 is 0 Å². The standard InChI is InChI=1S/C16H19NO/c1-12(18)16(17-2)15-10-8-14(9-11-15)13-6-4-3-5-7-13/h3-12,16-18H,1-2H3. The Kier molecular flexibility index (Phi) is 4.13. The third-order valence-corrected chi connectivity index (χ3v) is 3.17. The van der Waals surface area contributed by atoms with E-state index in [1.54, 1.807) is 6.92 Å². The molecule has 2 rings (SSSR count). The van der Waals surface area contributed by atoms with Crippen LogP contribution in [0.1, 0.15) is 18.5 Å². The molecule has 0 aromatic heterocycles. The van der Waals surface area contributed by atoms with Crippen LogP contribution in [-0.4, -0.2) is 18.3 Å². The average Bonchev–Trinajstić information content (AvgIpc) is 2.41. The van der Waals surface area contributed by atoms with Crippen LogP contribution in [0.5, 0.6) is 0 Å². The molecule has 0 saturated heterocycles. The first kappa shape index (κ1) is 12.8. The van der Waals surface area contributed by atoms with Crippen LogP contribution in [0, 0.1) is 0 Å². The lowest BCUT2D eigenvalue weighted by Crippen LogP contribution is -2.26. The molecule has 2 aromatic carbocycles. The van der Waals surface area contributed by atoms with Gasteiger partial charge in [0.15, 0.2) is 0 Å². The summed E-state index contributed by atoms with van der Waals surface area (Å²) in [5, 5.41) is 12.8. The van der Waals surface area contributed by atoms with E-state index in [-0.39, 0.29) is 6.04 Å². The second-order valence-corrected chi connectivity index (χ2v) is 4.49. The lowest BCUT2D eigenvalue weighted by Gasteiger charge is -2.19. The van der Waals surface area contributed by atoms with Gasteiger partial charge in [-0.3, -0.25) is 0 Å². The molecule has 0 amide bonds. The molecule has 0 fully saturated rings. The molecule has 2 heteroatoms. The van der Waals surface area contributed by atoms with Crippen molar-refractivity contribution in [2.45, 2.75) is 19.1 Å². The molecule has 0 aliphatic rings. The van der Waals surface area contributed by atoms with E-state index in [0.717, 1.165) is 5.56 Å². The Morgan fingerprint density at radius 2 is 1.44 bits per heavy atom. The maximum absolute atomic E-state index is 9.69. The zero-order valence-electron chi connectivity index (χ0n) is 10.8. The van der Waals surface area contributed by atoms with Crippen molar-refractivity contribution in [3.8, 4) is 11.1 Å². The van der Waals surface area contributed by atoms with Gasteiger partial charge in [-0.05, 0) is 30.7 Å². The highest BCUT2D eigenvalue weighted by molar-refractivity contribution is 5.63. The minimum Gasteiger partial charge on any atom is -0.391 e. The largest absolute Gasteiger partial charge is 0.391 e. The van der Waals surface area contributed by atoms with E-state index in [2.05, 4.69) is 41.7 Å². The van der Waals surface area contributed by atoms with Crippen LogP contribution in [0.3, 0.4) is 0 Å². The Balaban J connectivity index is 2.25. The topological polar surface area (TPSA) is 32.3 Å². The molecule has 0 heterocycles. The van der Waals surface area contributed by atoms with Crippen molar-refractivity contribution in [1.29, 1.82) is 0 Å². The maximum atomic E-state index is 9.69. The number of aliphatic hydroxyl groups excluding tert-OH is 1. The Morgan fingerprint density at radius 1 is 0.889 bits per heavy atom. The van der Waals surface area contributed by atoms with E-state index in [1.807, 2.05) is 25.2 Å². The molecule has 0 radical (unpaired) electrons. The first-order valence-corrected chi connectivity index (χ1v) is 6.23. The second kappa shape index (κ2) is 5.80. The van der Waals surface area contributed by atoms with E-state index in [1.165, 1.54) is 11.1 Å². The van der Waals surface area contributed by atoms with Gasteiger partial charge < -0.3 is 10.4 Å². The van der Waals surface area contributed by atoms with E-state index < -0.39 is 6.10 Å². The number of rotatable bonds is 4. The van der Waals surface area contributed by atoms with Gasteiger partial charge in [-0.15, -0.1) is 0 Å². The summed E-state index contributed by atoms with van der Waals surface area (Å²) >= 11 is 0. The fourth-order valence-electron chi connectivity index (χ4n) is 2.20. The number of hydrogen-bond acceptors (Lipinski definition) is 2. The Morgan fingerprint density at radius 3 is 1.94 bits per heavy atom. The monoisotopic (exact) mass is 241 g/mol. The fraction of sp³-hybridized carbons (Fsp3) is 0.250. The van der Waals surface area contributed by atoms with Crippen molar-refractivity contribution in [3.63, 3.8) is 0 Å². The zero-order chi connectivity index (χ0) is 13.0. The molecule has 2 nitrogen and oxygen atoms in total. The minimum absolute atomic E-state index is 0.0187. The Labute approximate surface area is 108 Å². The number of nitrogens with one attached hydrogen (secondary N) is 1. The van der Waals surface area contributed by atoms with Crippen molar-refractivity contribution in [3.05, 3.63) is 60.2 Å². The van der Waals surface area contributed by atoms with Crippen LogP contribution in [0.2, 0.25) is 0 Å². The van der Waals surface area contributed by atoms with Crippen LogP contribution in [0.25, 0.3) is 11.1 Å². The molecule has 2 N–H and O–H groups in total. The summed E-state index contributed by atoms with van der Waals surface area (Å²) in [4.78, 5) is 0. The third-order valence-electron chi connectivity index (χ3n) is 3.17. The van der Waals surface area contributed by atoms with E-state index in [9.17, 15) is 5.11 Å². The SMILES string of the molecule is CNC(c1ccc(-c2ccccc2)cc1)C(C)O. The van der Waals surface area contributed by atoms with Crippen molar-refractivity contribution in [2.24, 2.45) is 0 Å². The summed E-state index contributed by atoms with van der Waals surface area (Å²) in [6.07, 6.45) is -0.405. The molecule has 0 bridgehead atoms. The summed E-state index contributed by atoms with van der Waals surface area (Å²) in [5.41, 5.74) is 3.51. The Hall–Kier alpha value is -1.64. The van der Waals surface area contributed by atoms with Gasteiger partial charge in [-0.1, -0.05) is 54.6 Å². The van der Waals surface area contributed by atoms with E-state index in [4.69, 9.17) is 0 Å². The number of hydrogen-bond donors (Lipinski definition) is 2. The van der Waals surface area contributed by atoms with Gasteiger partial charge >= 0.3 is 0 Å². The molecule has 2 aromatic rings. The highest BCUT2D eigenvalue weighted by atomic mass is 16.3. The van der Waals surface area contributed by atoms with Gasteiger partial charge in [0.05, 0.1) is 12.1 Å². The smallest absolute Gasteiger partial charge is 0.0706 e. The molecule has 0 spiro atoms. The van der Waals surface area contributed by atoms with Crippen LogP contribution in [-0.2, 0) is 0 Å². The lowest BCUT2D eigenvalue weighted by molar-refractivity contribution is 0.150. The highest BCUT2D eigenvalue weighted by Crippen LogP contribution is 2.23. The normalized spacial score (nSPS) is 14.2. The van der Waals surface area contributed by atoms with Crippen LogP contribution in [0.4, 0.5) is 0 Å². The summed E-state index contributed by atoms with van der Waals surface area (Å²) in [6, 6.07) is 18.6. The minimum atomic E-state index is -0.405. The quantitative estimate of drug-likeness (QED) is 0.862. The van der Waals surface area contributed by atoms with Gasteiger partial charge in [0, 0.05) is 0 Å². The van der Waals surface area contributed by atoms with Gasteiger partial charge in [0.2, 0.25) is 0 Å². The molecule has 94 valence electrons. The average molecular weight is 241 g/mol. The van der Waals surface area contributed by atoms with Crippen molar-refractivity contribution in [1.82, 2.24) is 5.32 Å². The molecular formula is C16H19NO. The molecule has 0 aliphatic carbocycles. The van der Waals surface area contributed by atoms with Crippen molar-refractivity contribution >= 4 is 0 Å². The van der Waals surface area contributed by atoms with Gasteiger partial charge in [0.1, 0.15) is 0 Å². The lowest BCUT2D eigenvalue weighted by atomic mass is 9.98. The van der Waals surface area contributed by atoms with Crippen LogP contribution < -0.4 is 5.32 Å². The number of benzene rings is 2. The molecule has 0 saturated carbocycles. The van der Waals surface area contributed by atoms with Gasteiger partial charge in [-0.2, -0.15) is 0 Å². The van der Waals surface area contributed by atoms with Gasteiger partial charge in [0.25, 0.3) is 0 Å². The van der Waals surface area contributed by atoms with E-state index in [0.29, 0.717) is 0 Å². The first-order chi connectivity index (χ1) is 8.72. The number of likely N-dealkylation sites (N-methyl/N-ethyl adjacent to an activating group) is 1. The molecule has 2 unspecified atom stereocenters. The molecule has 2 atom stereocenters. The summed E-state index contributed by atoms with van der Waals surface area (Å²) in [7, 11) is 1.86. The summed E-state index contributed by atoms with van der Waals surface area (Å²) in [6.45, 7) is 1.80. The molecule has 0 aliphatic heterocycles. The second-order valence-electron chi connectivity index (χ2n) is 4.49. The molecular weight excluding hydrogens is 222 g/mol.